The van der Waals surface area contributed by atoms with Gasteiger partial charge in [0.05, 0.1) is 14.2 Å². The van der Waals surface area contributed by atoms with Gasteiger partial charge in [0.2, 0.25) is 0 Å². The number of rotatable bonds is 11. The Morgan fingerprint density at radius 1 is 0.816 bits per heavy atom. The van der Waals surface area contributed by atoms with Crippen molar-refractivity contribution in [1.82, 2.24) is 9.55 Å². The fourth-order valence-corrected chi connectivity index (χ4v) is 4.50. The highest BCUT2D eigenvalue weighted by molar-refractivity contribution is 5.70. The van der Waals surface area contributed by atoms with Crippen molar-refractivity contribution in [3.8, 4) is 11.5 Å². The quantitative estimate of drug-likeness (QED) is 0.169. The molecule has 0 atom stereocenters. The highest BCUT2D eigenvalue weighted by Crippen LogP contribution is 2.42. The molecule has 7 heteroatoms. The second-order valence-corrected chi connectivity index (χ2v) is 9.55. The van der Waals surface area contributed by atoms with Gasteiger partial charge in [0.15, 0.2) is 0 Å². The first-order chi connectivity index (χ1) is 18.4. The van der Waals surface area contributed by atoms with E-state index in [0.29, 0.717) is 19.4 Å². The smallest absolute Gasteiger partial charge is 0.419 e. The Hall–Kier alpha value is -4.10. The van der Waals surface area contributed by atoms with E-state index in [2.05, 4.69) is 17.1 Å². The number of carbonyl (C=O) groups excluding carboxylic acids is 1. The van der Waals surface area contributed by atoms with Gasteiger partial charge in [-0.3, -0.25) is 0 Å². The summed E-state index contributed by atoms with van der Waals surface area (Å²) < 4.78 is 24.7. The lowest BCUT2D eigenvalue weighted by Crippen LogP contribution is -2.34. The third-order valence-electron chi connectivity index (χ3n) is 6.49. The van der Waals surface area contributed by atoms with Crippen LogP contribution in [-0.2, 0) is 15.1 Å². The molecule has 0 saturated carbocycles. The molecule has 3 aromatic carbocycles. The molecule has 7 nitrogen and oxygen atoms in total. The van der Waals surface area contributed by atoms with Gasteiger partial charge in [-0.2, -0.15) is 0 Å². The summed E-state index contributed by atoms with van der Waals surface area (Å²) in [6, 6.07) is 26.1. The van der Waals surface area contributed by atoms with Crippen molar-refractivity contribution >= 4 is 6.09 Å². The summed E-state index contributed by atoms with van der Waals surface area (Å²) in [5, 5.41) is 0. The van der Waals surface area contributed by atoms with E-state index in [1.165, 1.54) is 10.9 Å². The van der Waals surface area contributed by atoms with Gasteiger partial charge in [0.1, 0.15) is 29.0 Å². The number of hydrogen-bond donors (Lipinski definition) is 0. The van der Waals surface area contributed by atoms with Gasteiger partial charge in [-0.05, 0) is 67.6 Å². The molecule has 0 spiro atoms. The van der Waals surface area contributed by atoms with Gasteiger partial charge >= 0.3 is 6.09 Å². The van der Waals surface area contributed by atoms with E-state index in [0.717, 1.165) is 28.2 Å². The molecule has 198 valence electrons. The molecule has 1 aromatic heterocycles. The van der Waals surface area contributed by atoms with E-state index in [1.54, 1.807) is 26.6 Å². The maximum atomic E-state index is 12.4. The van der Waals surface area contributed by atoms with Gasteiger partial charge < -0.3 is 18.9 Å². The maximum absolute atomic E-state index is 12.4. The second-order valence-electron chi connectivity index (χ2n) is 9.55. The Morgan fingerprint density at radius 3 is 1.87 bits per heavy atom. The van der Waals surface area contributed by atoms with Crippen LogP contribution in [0.15, 0.2) is 97.6 Å². The molecule has 0 unspecified atom stereocenters. The van der Waals surface area contributed by atoms with E-state index < -0.39 is 17.3 Å². The number of benzene rings is 3. The van der Waals surface area contributed by atoms with Gasteiger partial charge in [0, 0.05) is 19.0 Å². The van der Waals surface area contributed by atoms with Crippen LogP contribution in [-0.4, -0.2) is 42.1 Å². The van der Waals surface area contributed by atoms with E-state index in [4.69, 9.17) is 18.9 Å². The summed E-state index contributed by atoms with van der Waals surface area (Å²) in [6.07, 6.45) is 5.38. The molecular weight excluding hydrogens is 480 g/mol. The van der Waals surface area contributed by atoms with Gasteiger partial charge in [0.25, 0.3) is 0 Å². The van der Waals surface area contributed by atoms with Crippen molar-refractivity contribution in [3.05, 3.63) is 114 Å². The number of hydrogen-bond acceptors (Lipinski definition) is 6. The van der Waals surface area contributed by atoms with Crippen LogP contribution in [0, 0.1) is 0 Å². The van der Waals surface area contributed by atoms with Crippen molar-refractivity contribution < 1.29 is 23.7 Å². The predicted molar refractivity (Wildman–Crippen MR) is 146 cm³/mol. The molecule has 0 aliphatic heterocycles. The fraction of sp³-hybridized carbons (Fsp3) is 0.290. The highest BCUT2D eigenvalue weighted by Gasteiger charge is 2.38. The number of carbonyl (C=O) groups is 1. The topological polar surface area (TPSA) is 71.8 Å². The molecule has 0 aliphatic carbocycles. The van der Waals surface area contributed by atoms with Gasteiger partial charge in [-0.1, -0.05) is 54.6 Å². The lowest BCUT2D eigenvalue weighted by atomic mass is 9.80. The molecule has 4 aromatic rings. The minimum Gasteiger partial charge on any atom is -0.497 e. The van der Waals surface area contributed by atoms with Crippen molar-refractivity contribution in [3.63, 3.8) is 0 Å². The molecule has 0 amide bonds. The van der Waals surface area contributed by atoms with Crippen LogP contribution in [0.4, 0.5) is 4.79 Å². The van der Waals surface area contributed by atoms with Crippen LogP contribution in [0.5, 0.6) is 11.5 Å². The van der Waals surface area contributed by atoms with Gasteiger partial charge in [-0.25, -0.2) is 14.3 Å². The number of imidazole rings is 1. The molecule has 0 N–H and O–H groups in total. The molecule has 0 radical (unpaired) electrons. The fourth-order valence-electron chi connectivity index (χ4n) is 4.50. The summed E-state index contributed by atoms with van der Waals surface area (Å²) in [5.74, 6) is 1.54. The van der Waals surface area contributed by atoms with Crippen molar-refractivity contribution in [2.24, 2.45) is 0 Å². The Morgan fingerprint density at radius 2 is 1.37 bits per heavy atom. The first kappa shape index (κ1) is 26.9. The monoisotopic (exact) mass is 514 g/mol. The predicted octanol–water partition coefficient (Wildman–Crippen LogP) is 6.45. The average molecular weight is 515 g/mol. The molecular formula is C31H34N2O5. The van der Waals surface area contributed by atoms with Crippen molar-refractivity contribution in [1.29, 1.82) is 0 Å². The Bertz CT molecular complexity index is 1240. The Kier molecular flexibility index (Phi) is 8.48. The lowest BCUT2D eigenvalue weighted by Gasteiger charge is -2.36. The third-order valence-corrected chi connectivity index (χ3v) is 6.49. The minimum atomic E-state index is -0.878. The van der Waals surface area contributed by atoms with Gasteiger partial charge in [-0.15, -0.1) is 0 Å². The SMILES string of the molecule is COc1ccc(C(OCCCC(C)(C)OC(=O)n2ccnc2)(c2ccccc2)c2ccc(OC)cc2)cc1. The molecule has 38 heavy (non-hydrogen) atoms. The molecule has 1 heterocycles. The third kappa shape index (κ3) is 6.06. The first-order valence-corrected chi connectivity index (χ1v) is 12.6. The number of nitrogens with zero attached hydrogens (tertiary/aromatic N) is 2. The van der Waals surface area contributed by atoms with E-state index >= 15 is 0 Å². The molecule has 4 rings (SSSR count). The average Bonchev–Trinajstić information content (AvgIpc) is 3.49. The second kappa shape index (κ2) is 12.0. The standard InChI is InChI=1S/C31H34N2O5/c1-30(2,38-29(34)33-21-20-32-23-33)19-8-22-37-31(24-9-6-5-7-10-24,25-11-15-27(35-3)16-12-25)26-13-17-28(36-4)18-14-26/h5-7,9-18,20-21,23H,8,19,22H2,1-4H3. The normalized spacial score (nSPS) is 11.7. The molecule has 0 aliphatic rings. The summed E-state index contributed by atoms with van der Waals surface area (Å²) >= 11 is 0. The van der Waals surface area contributed by atoms with Crippen molar-refractivity contribution in [2.75, 3.05) is 20.8 Å². The van der Waals surface area contributed by atoms with Crippen molar-refractivity contribution in [2.45, 2.75) is 37.9 Å². The summed E-state index contributed by atoms with van der Waals surface area (Å²) in [7, 11) is 3.31. The first-order valence-electron chi connectivity index (χ1n) is 12.6. The van der Waals surface area contributed by atoms with E-state index in [-0.39, 0.29) is 0 Å². The number of aromatic nitrogens is 2. The zero-order valence-corrected chi connectivity index (χ0v) is 22.3. The summed E-state index contributed by atoms with van der Waals surface area (Å²) in [5.41, 5.74) is 1.39. The lowest BCUT2D eigenvalue weighted by molar-refractivity contribution is -0.00831. The van der Waals surface area contributed by atoms with E-state index in [9.17, 15) is 4.79 Å². The van der Waals surface area contributed by atoms with Crippen LogP contribution in [0.1, 0.15) is 43.4 Å². The minimum absolute atomic E-state index is 0.430. The Labute approximate surface area is 224 Å². The largest absolute Gasteiger partial charge is 0.497 e. The van der Waals surface area contributed by atoms with Crippen LogP contribution >= 0.6 is 0 Å². The Balaban J connectivity index is 1.62. The molecule has 0 saturated heterocycles. The number of methoxy groups -OCH3 is 2. The zero-order chi connectivity index (χ0) is 27.0. The maximum Gasteiger partial charge on any atom is 0.419 e. The highest BCUT2D eigenvalue weighted by atomic mass is 16.6. The molecule has 0 fully saturated rings. The molecule has 0 bridgehead atoms. The van der Waals surface area contributed by atoms with Crippen LogP contribution < -0.4 is 9.47 Å². The summed E-state index contributed by atoms with van der Waals surface area (Å²) in [4.78, 5) is 16.3. The van der Waals surface area contributed by atoms with Crippen LogP contribution in [0.2, 0.25) is 0 Å². The van der Waals surface area contributed by atoms with Crippen LogP contribution in [0.3, 0.4) is 0 Å². The van der Waals surface area contributed by atoms with Crippen LogP contribution in [0.25, 0.3) is 0 Å². The number of ether oxygens (including phenoxy) is 4. The zero-order valence-electron chi connectivity index (χ0n) is 22.3. The van der Waals surface area contributed by atoms with E-state index in [1.807, 2.05) is 80.6 Å². The summed E-state index contributed by atoms with van der Waals surface area (Å²) in [6.45, 7) is 4.23.